The van der Waals surface area contributed by atoms with Crippen molar-refractivity contribution in [3.63, 3.8) is 0 Å². The van der Waals surface area contributed by atoms with E-state index in [1.807, 2.05) is 60.2 Å². The first-order chi connectivity index (χ1) is 11.7. The quantitative estimate of drug-likeness (QED) is 0.644. The molecule has 0 saturated carbocycles. The molecular weight excluding hydrogens is 300 g/mol. The molecular formula is C20H20N2O2. The van der Waals surface area contributed by atoms with Gasteiger partial charge in [0.15, 0.2) is 0 Å². The van der Waals surface area contributed by atoms with Gasteiger partial charge in [-0.2, -0.15) is 0 Å². The topological polar surface area (TPSA) is 44.1 Å². The predicted molar refractivity (Wildman–Crippen MR) is 92.6 cm³/mol. The zero-order valence-electron chi connectivity index (χ0n) is 13.6. The minimum atomic E-state index is -0.379. The molecule has 1 unspecified atom stereocenters. The van der Waals surface area contributed by atoms with E-state index in [9.17, 15) is 4.79 Å². The zero-order chi connectivity index (χ0) is 16.8. The van der Waals surface area contributed by atoms with Gasteiger partial charge in [-0.3, -0.25) is 4.98 Å². The second-order valence-electron chi connectivity index (χ2n) is 5.62. The number of benzene rings is 1. The van der Waals surface area contributed by atoms with Gasteiger partial charge in [0.2, 0.25) is 0 Å². The summed E-state index contributed by atoms with van der Waals surface area (Å²) in [5.41, 5.74) is 2.55. The first-order valence-electron chi connectivity index (χ1n) is 8.05. The Bertz CT molecular complexity index is 782. The Kier molecular flexibility index (Phi) is 5.06. The number of rotatable bonds is 6. The SMILES string of the molecule is CC(OC(=O)c1cccn1CCc1ccccc1)c1ccccn1. The Labute approximate surface area is 141 Å². The Hall–Kier alpha value is -2.88. The fraction of sp³-hybridized carbons (Fsp3) is 0.200. The second kappa shape index (κ2) is 7.59. The summed E-state index contributed by atoms with van der Waals surface area (Å²) in [4.78, 5) is 16.7. The average Bonchev–Trinajstić information content (AvgIpc) is 3.10. The van der Waals surface area contributed by atoms with Gasteiger partial charge in [-0.1, -0.05) is 36.4 Å². The lowest BCUT2D eigenvalue weighted by Gasteiger charge is -2.14. The van der Waals surface area contributed by atoms with E-state index in [1.54, 1.807) is 12.3 Å². The second-order valence-corrected chi connectivity index (χ2v) is 5.62. The number of nitrogens with zero attached hydrogens (tertiary/aromatic N) is 2. The molecule has 0 aliphatic heterocycles. The average molecular weight is 320 g/mol. The van der Waals surface area contributed by atoms with Crippen molar-refractivity contribution in [2.45, 2.75) is 26.0 Å². The van der Waals surface area contributed by atoms with Crippen LogP contribution in [0.25, 0.3) is 0 Å². The maximum atomic E-state index is 12.5. The molecule has 0 bridgehead atoms. The van der Waals surface area contributed by atoms with Crippen molar-refractivity contribution in [3.8, 4) is 0 Å². The monoisotopic (exact) mass is 320 g/mol. The highest BCUT2D eigenvalue weighted by Crippen LogP contribution is 2.17. The van der Waals surface area contributed by atoms with Gasteiger partial charge >= 0.3 is 5.97 Å². The van der Waals surface area contributed by atoms with Crippen LogP contribution < -0.4 is 0 Å². The molecule has 0 saturated heterocycles. The Morgan fingerprint density at radius 2 is 1.88 bits per heavy atom. The number of hydrogen-bond acceptors (Lipinski definition) is 3. The number of aromatic nitrogens is 2. The molecule has 24 heavy (non-hydrogen) atoms. The number of ether oxygens (including phenoxy) is 1. The first-order valence-corrected chi connectivity index (χ1v) is 8.05. The van der Waals surface area contributed by atoms with E-state index in [0.717, 1.165) is 18.7 Å². The normalized spacial score (nSPS) is 11.9. The van der Waals surface area contributed by atoms with Crippen LogP contribution in [0.4, 0.5) is 0 Å². The number of hydrogen-bond donors (Lipinski definition) is 0. The van der Waals surface area contributed by atoms with E-state index in [1.165, 1.54) is 5.56 Å². The van der Waals surface area contributed by atoms with E-state index in [4.69, 9.17) is 4.74 Å². The van der Waals surface area contributed by atoms with Crippen molar-refractivity contribution < 1.29 is 9.53 Å². The third-order valence-corrected chi connectivity index (χ3v) is 3.91. The molecule has 0 N–H and O–H groups in total. The molecule has 3 rings (SSSR count). The molecule has 0 spiro atoms. The number of esters is 1. The van der Waals surface area contributed by atoms with Crippen molar-refractivity contribution in [1.82, 2.24) is 9.55 Å². The highest BCUT2D eigenvalue weighted by molar-refractivity contribution is 5.87. The van der Waals surface area contributed by atoms with Gasteiger partial charge in [-0.25, -0.2) is 4.79 Å². The number of pyridine rings is 1. The first kappa shape index (κ1) is 16.0. The van der Waals surface area contributed by atoms with Crippen LogP contribution in [0.15, 0.2) is 73.1 Å². The number of aryl methyl sites for hydroxylation is 2. The van der Waals surface area contributed by atoms with Crippen molar-refractivity contribution in [3.05, 3.63) is 90.0 Å². The van der Waals surface area contributed by atoms with Gasteiger partial charge in [-0.05, 0) is 43.2 Å². The smallest absolute Gasteiger partial charge is 0.355 e. The largest absolute Gasteiger partial charge is 0.451 e. The molecule has 4 heteroatoms. The minimum Gasteiger partial charge on any atom is -0.451 e. The van der Waals surface area contributed by atoms with Gasteiger partial charge < -0.3 is 9.30 Å². The van der Waals surface area contributed by atoms with Crippen LogP contribution in [0, 0.1) is 0 Å². The van der Waals surface area contributed by atoms with Crippen LogP contribution >= 0.6 is 0 Å². The maximum Gasteiger partial charge on any atom is 0.355 e. The summed E-state index contributed by atoms with van der Waals surface area (Å²) in [5.74, 6) is -0.328. The van der Waals surface area contributed by atoms with Gasteiger partial charge in [0.25, 0.3) is 0 Å². The van der Waals surface area contributed by atoms with Crippen molar-refractivity contribution in [2.24, 2.45) is 0 Å². The summed E-state index contributed by atoms with van der Waals surface area (Å²) in [6.07, 6.45) is 4.09. The van der Waals surface area contributed by atoms with E-state index < -0.39 is 0 Å². The van der Waals surface area contributed by atoms with Crippen molar-refractivity contribution >= 4 is 5.97 Å². The molecule has 2 heterocycles. The van der Waals surface area contributed by atoms with Crippen LogP contribution in [-0.2, 0) is 17.7 Å². The zero-order valence-corrected chi connectivity index (χ0v) is 13.6. The maximum absolute atomic E-state index is 12.5. The molecule has 0 aliphatic carbocycles. The highest BCUT2D eigenvalue weighted by atomic mass is 16.5. The summed E-state index contributed by atoms with van der Waals surface area (Å²) in [6, 6.07) is 19.5. The summed E-state index contributed by atoms with van der Waals surface area (Å²) in [7, 11) is 0. The van der Waals surface area contributed by atoms with Gasteiger partial charge in [-0.15, -0.1) is 0 Å². The Balaban J connectivity index is 1.65. The van der Waals surface area contributed by atoms with E-state index in [0.29, 0.717) is 5.69 Å². The van der Waals surface area contributed by atoms with Crippen molar-refractivity contribution in [1.29, 1.82) is 0 Å². The summed E-state index contributed by atoms with van der Waals surface area (Å²) in [5, 5.41) is 0. The van der Waals surface area contributed by atoms with Gasteiger partial charge in [0.1, 0.15) is 11.8 Å². The third-order valence-electron chi connectivity index (χ3n) is 3.91. The number of carbonyl (C=O) groups is 1. The molecule has 1 atom stereocenters. The lowest BCUT2D eigenvalue weighted by molar-refractivity contribution is 0.0316. The molecule has 1 aromatic carbocycles. The Morgan fingerprint density at radius 1 is 1.08 bits per heavy atom. The standard InChI is InChI=1S/C20H20N2O2/c1-16(18-10-5-6-13-21-18)24-20(23)19-11-7-14-22(19)15-12-17-8-3-2-4-9-17/h2-11,13-14,16H,12,15H2,1H3. The van der Waals surface area contributed by atoms with E-state index in [-0.39, 0.29) is 12.1 Å². The third kappa shape index (κ3) is 3.90. The Morgan fingerprint density at radius 3 is 2.62 bits per heavy atom. The van der Waals surface area contributed by atoms with Gasteiger partial charge in [0.05, 0.1) is 5.69 Å². The molecule has 4 nitrogen and oxygen atoms in total. The lowest BCUT2D eigenvalue weighted by Crippen LogP contribution is -2.15. The molecule has 0 aliphatic rings. The summed E-state index contributed by atoms with van der Waals surface area (Å²) < 4.78 is 7.48. The van der Waals surface area contributed by atoms with Gasteiger partial charge in [0, 0.05) is 18.9 Å². The lowest BCUT2D eigenvalue weighted by atomic mass is 10.1. The van der Waals surface area contributed by atoms with Crippen LogP contribution in [-0.4, -0.2) is 15.5 Å². The molecule has 122 valence electrons. The van der Waals surface area contributed by atoms with Crippen LogP contribution in [0.3, 0.4) is 0 Å². The molecule has 2 aromatic heterocycles. The fourth-order valence-corrected chi connectivity index (χ4v) is 2.59. The molecule has 0 radical (unpaired) electrons. The summed E-state index contributed by atoms with van der Waals surface area (Å²) >= 11 is 0. The van der Waals surface area contributed by atoms with Crippen LogP contribution in [0.5, 0.6) is 0 Å². The van der Waals surface area contributed by atoms with E-state index in [2.05, 4.69) is 17.1 Å². The predicted octanol–water partition coefficient (Wildman–Crippen LogP) is 4.04. The number of carbonyl (C=O) groups excluding carboxylic acids is 1. The fourth-order valence-electron chi connectivity index (χ4n) is 2.59. The minimum absolute atomic E-state index is 0.328. The highest BCUT2D eigenvalue weighted by Gasteiger charge is 2.17. The molecule has 3 aromatic rings. The van der Waals surface area contributed by atoms with Crippen LogP contribution in [0.1, 0.15) is 34.8 Å². The molecule has 0 amide bonds. The van der Waals surface area contributed by atoms with Crippen LogP contribution in [0.2, 0.25) is 0 Å². The summed E-state index contributed by atoms with van der Waals surface area (Å²) in [6.45, 7) is 2.57. The van der Waals surface area contributed by atoms with Crippen molar-refractivity contribution in [2.75, 3.05) is 0 Å². The molecule has 0 fully saturated rings. The van der Waals surface area contributed by atoms with E-state index >= 15 is 0 Å².